The third-order valence-corrected chi connectivity index (χ3v) is 8.79. The van der Waals surface area contributed by atoms with E-state index in [1.807, 2.05) is 18.0 Å². The lowest BCUT2D eigenvalue weighted by atomic mass is 10.1. The number of aliphatic hydroxyl groups is 2. The van der Waals surface area contributed by atoms with E-state index in [0.717, 1.165) is 12.8 Å². The average molecular weight is 750 g/mol. The summed E-state index contributed by atoms with van der Waals surface area (Å²) >= 11 is 0. The van der Waals surface area contributed by atoms with E-state index in [2.05, 4.69) is 53.9 Å². The highest BCUT2D eigenvalue weighted by Gasteiger charge is 2.33. The van der Waals surface area contributed by atoms with Crippen LogP contribution in [-0.2, 0) is 0 Å². The van der Waals surface area contributed by atoms with E-state index in [1.54, 1.807) is 54.9 Å². The Morgan fingerprint density at radius 1 is 0.667 bits per heavy atom. The minimum atomic E-state index is -0.385. The molecule has 1 aliphatic carbocycles. The molecule has 2 fully saturated rings. The fourth-order valence-electron chi connectivity index (χ4n) is 6.04. The van der Waals surface area contributed by atoms with Gasteiger partial charge in [0, 0.05) is 47.1 Å². The molecule has 0 radical (unpaired) electrons. The molecule has 1 saturated carbocycles. The third-order valence-electron chi connectivity index (χ3n) is 8.79. The number of nitrogens with zero attached hydrogens (tertiary/aromatic N) is 7. The van der Waals surface area contributed by atoms with Gasteiger partial charge in [-0.3, -0.25) is 14.9 Å². The normalized spacial score (nSPS) is 19.1. The number of likely N-dealkylation sites (N-methyl/N-ethyl adjacent to an activating group) is 1. The summed E-state index contributed by atoms with van der Waals surface area (Å²) in [6.07, 6.45) is 5.41. The van der Waals surface area contributed by atoms with Gasteiger partial charge in [-0.2, -0.15) is 9.97 Å². The van der Waals surface area contributed by atoms with Gasteiger partial charge in [-0.05, 0) is 93.4 Å². The first kappa shape index (κ1) is 37.9. The SMILES string of the molecule is CN1C[C@H](O)C[C@@H]1c1nc(-c2ccc(C#Cc3cccc(F)c3)cn2)no1.Cl.O[C@H]1CC[C@@H](c2nc(-c3ccc(C#Cc4cccc(F)c4)cn3)no2)C1. The molecule has 8 rings (SSSR count). The minimum absolute atomic E-state index is 0. The summed E-state index contributed by atoms with van der Waals surface area (Å²) in [6.45, 7) is 0.583. The molecular formula is C40H34ClF2N7O4. The van der Waals surface area contributed by atoms with Crippen molar-refractivity contribution in [1.29, 1.82) is 0 Å². The fourth-order valence-corrected chi connectivity index (χ4v) is 6.04. The number of β-amino-alcohol motifs (C(OH)–C–C–N with tert-alkyl or cyclic N) is 1. The van der Waals surface area contributed by atoms with E-state index in [4.69, 9.17) is 9.05 Å². The molecule has 2 aromatic carbocycles. The van der Waals surface area contributed by atoms with Crippen molar-refractivity contribution in [2.45, 2.75) is 49.9 Å². The quantitative estimate of drug-likeness (QED) is 0.201. The number of likely N-dealkylation sites (tertiary alicyclic amines) is 1. The Kier molecular flexibility index (Phi) is 12.2. The molecule has 6 aromatic rings. The molecule has 2 N–H and O–H groups in total. The molecule has 0 amide bonds. The first-order valence-corrected chi connectivity index (χ1v) is 17.0. The molecule has 14 heteroatoms. The zero-order chi connectivity index (χ0) is 36.7. The van der Waals surface area contributed by atoms with E-state index in [1.165, 1.54) is 24.3 Å². The Balaban J connectivity index is 0.000000181. The lowest BCUT2D eigenvalue weighted by molar-refractivity contribution is 0.179. The van der Waals surface area contributed by atoms with Gasteiger partial charge in [-0.15, -0.1) is 12.4 Å². The summed E-state index contributed by atoms with van der Waals surface area (Å²) in [5, 5.41) is 27.4. The molecule has 54 heavy (non-hydrogen) atoms. The van der Waals surface area contributed by atoms with E-state index in [0.29, 0.717) is 76.5 Å². The number of benzene rings is 2. The van der Waals surface area contributed by atoms with Crippen molar-refractivity contribution in [2.24, 2.45) is 0 Å². The smallest absolute Gasteiger partial charge is 0.244 e. The number of pyridine rings is 2. The van der Waals surface area contributed by atoms with Crippen molar-refractivity contribution >= 4 is 12.4 Å². The second kappa shape index (κ2) is 17.3. The molecule has 2 aliphatic rings. The Morgan fingerprint density at radius 3 is 1.67 bits per heavy atom. The van der Waals surface area contributed by atoms with Crippen molar-refractivity contribution in [3.8, 4) is 46.7 Å². The molecule has 1 aliphatic heterocycles. The van der Waals surface area contributed by atoms with Gasteiger partial charge < -0.3 is 19.3 Å². The van der Waals surface area contributed by atoms with Gasteiger partial charge >= 0.3 is 0 Å². The lowest BCUT2D eigenvalue weighted by Gasteiger charge is -2.13. The van der Waals surface area contributed by atoms with Gasteiger partial charge in [0.25, 0.3) is 0 Å². The van der Waals surface area contributed by atoms with Crippen molar-refractivity contribution in [3.05, 3.63) is 131 Å². The van der Waals surface area contributed by atoms with Crippen LogP contribution in [0.1, 0.15) is 71.7 Å². The largest absolute Gasteiger partial charge is 0.393 e. The summed E-state index contributed by atoms with van der Waals surface area (Å²) in [4.78, 5) is 19.4. The van der Waals surface area contributed by atoms with Crippen molar-refractivity contribution < 1.29 is 28.0 Å². The van der Waals surface area contributed by atoms with Crippen LogP contribution in [0, 0.1) is 35.3 Å². The Labute approximate surface area is 315 Å². The Hall–Kier alpha value is -5.83. The number of rotatable bonds is 4. The highest BCUT2D eigenvalue weighted by molar-refractivity contribution is 5.85. The number of aliphatic hydroxyl groups excluding tert-OH is 2. The van der Waals surface area contributed by atoms with Crippen molar-refractivity contribution in [2.75, 3.05) is 13.6 Å². The monoisotopic (exact) mass is 749 g/mol. The summed E-state index contributed by atoms with van der Waals surface area (Å²) in [7, 11) is 1.91. The summed E-state index contributed by atoms with van der Waals surface area (Å²) in [5.41, 5.74) is 3.78. The number of aromatic nitrogens is 6. The van der Waals surface area contributed by atoms with Gasteiger partial charge in [-0.25, -0.2) is 8.78 Å². The predicted octanol–water partition coefficient (Wildman–Crippen LogP) is 6.13. The van der Waals surface area contributed by atoms with E-state index >= 15 is 0 Å². The Bertz CT molecular complexity index is 2310. The zero-order valence-electron chi connectivity index (χ0n) is 28.9. The fraction of sp³-hybridized carbons (Fsp3) is 0.250. The summed E-state index contributed by atoms with van der Waals surface area (Å²) in [5.74, 6) is 13.0. The van der Waals surface area contributed by atoms with Crippen LogP contribution in [-0.4, -0.2) is 71.2 Å². The van der Waals surface area contributed by atoms with Crippen LogP contribution < -0.4 is 0 Å². The van der Waals surface area contributed by atoms with Crippen LogP contribution >= 0.6 is 12.4 Å². The topological polar surface area (TPSA) is 147 Å². The molecule has 4 atom stereocenters. The first-order chi connectivity index (χ1) is 25.8. The highest BCUT2D eigenvalue weighted by atomic mass is 35.5. The second-order valence-corrected chi connectivity index (χ2v) is 12.8. The predicted molar refractivity (Wildman–Crippen MR) is 196 cm³/mol. The van der Waals surface area contributed by atoms with Crippen LogP contribution in [0.5, 0.6) is 0 Å². The summed E-state index contributed by atoms with van der Waals surface area (Å²) in [6, 6.07) is 19.3. The number of hydrogen-bond donors (Lipinski definition) is 2. The van der Waals surface area contributed by atoms with Crippen LogP contribution in [0.3, 0.4) is 0 Å². The number of hydrogen-bond acceptors (Lipinski definition) is 11. The van der Waals surface area contributed by atoms with E-state index in [9.17, 15) is 19.0 Å². The molecule has 0 unspecified atom stereocenters. The third kappa shape index (κ3) is 9.58. The average Bonchev–Trinajstić information content (AvgIpc) is 3.99. The highest BCUT2D eigenvalue weighted by Crippen LogP contribution is 2.34. The molecule has 5 heterocycles. The van der Waals surface area contributed by atoms with Gasteiger partial charge in [0.15, 0.2) is 0 Å². The van der Waals surface area contributed by atoms with Gasteiger partial charge in [-0.1, -0.05) is 46.1 Å². The standard InChI is InChI=1S/C20H17FN4O2.C20H16FN3O2.ClH/c1-25-12-16(26)10-18(25)20-23-19(24-27-20)17-8-7-14(11-22-17)6-5-13-3-2-4-15(21)9-13;21-16-3-1-2-13(10-16)4-5-14-6-9-18(22-12-14)19-23-20(26-24-19)15-7-8-17(25)11-15;/h2-4,7-9,11,16,18,26H,10,12H2,1H3;1-3,6,9-10,12,15,17,25H,7-8,11H2;1H/t16-,18-;15-,17+;/m11./s1. The maximum Gasteiger partial charge on any atom is 0.244 e. The van der Waals surface area contributed by atoms with E-state index < -0.39 is 0 Å². The van der Waals surface area contributed by atoms with Crippen LogP contribution in [0.2, 0.25) is 0 Å². The molecule has 11 nitrogen and oxygen atoms in total. The maximum atomic E-state index is 13.2. The number of halogens is 3. The molecule has 274 valence electrons. The van der Waals surface area contributed by atoms with Crippen molar-refractivity contribution in [1.82, 2.24) is 35.1 Å². The molecule has 0 bridgehead atoms. The summed E-state index contributed by atoms with van der Waals surface area (Å²) < 4.78 is 37.0. The molecule has 4 aromatic heterocycles. The maximum absolute atomic E-state index is 13.2. The minimum Gasteiger partial charge on any atom is -0.393 e. The second-order valence-electron chi connectivity index (χ2n) is 12.8. The van der Waals surface area contributed by atoms with E-state index in [-0.39, 0.29) is 48.2 Å². The zero-order valence-corrected chi connectivity index (χ0v) is 29.7. The molecular weight excluding hydrogens is 716 g/mol. The van der Waals surface area contributed by atoms with Gasteiger partial charge in [0.2, 0.25) is 23.4 Å². The van der Waals surface area contributed by atoms with Crippen LogP contribution in [0.15, 0.2) is 94.2 Å². The van der Waals surface area contributed by atoms with Crippen LogP contribution in [0.25, 0.3) is 23.0 Å². The molecule has 1 saturated heterocycles. The Morgan fingerprint density at radius 2 is 1.20 bits per heavy atom. The first-order valence-electron chi connectivity index (χ1n) is 17.0. The van der Waals surface area contributed by atoms with Gasteiger partial charge in [0.1, 0.15) is 23.0 Å². The van der Waals surface area contributed by atoms with Crippen molar-refractivity contribution in [3.63, 3.8) is 0 Å². The molecule has 0 spiro atoms. The lowest BCUT2D eigenvalue weighted by Crippen LogP contribution is -2.19. The van der Waals surface area contributed by atoms with Gasteiger partial charge in [0.05, 0.1) is 18.2 Å². The van der Waals surface area contributed by atoms with Crippen LogP contribution in [0.4, 0.5) is 8.78 Å².